The van der Waals surface area contributed by atoms with Crippen molar-refractivity contribution in [2.24, 2.45) is 11.8 Å². The van der Waals surface area contributed by atoms with Gasteiger partial charge in [-0.25, -0.2) is 0 Å². The van der Waals surface area contributed by atoms with E-state index in [4.69, 9.17) is 0 Å². The average Bonchev–Trinajstić information content (AvgIpc) is 2.28. The molecule has 0 bridgehead atoms. The van der Waals surface area contributed by atoms with Crippen molar-refractivity contribution < 1.29 is 10.2 Å². The lowest BCUT2D eigenvalue weighted by Crippen LogP contribution is -2.28. The quantitative estimate of drug-likeness (QED) is 0.775. The van der Waals surface area contributed by atoms with E-state index in [1.54, 1.807) is 0 Å². The molecule has 1 aromatic carbocycles. The van der Waals surface area contributed by atoms with Crippen molar-refractivity contribution >= 4 is 0 Å². The maximum Gasteiger partial charge on any atom is 0.0595 e. The van der Waals surface area contributed by atoms with Crippen molar-refractivity contribution in [1.82, 2.24) is 0 Å². The first kappa shape index (κ1) is 13.2. The molecule has 0 spiro atoms. The molecule has 2 atom stereocenters. The van der Waals surface area contributed by atoms with Crippen molar-refractivity contribution in [2.45, 2.75) is 32.8 Å². The molecule has 2 nitrogen and oxygen atoms in total. The van der Waals surface area contributed by atoms with E-state index in [0.717, 1.165) is 6.42 Å². The predicted molar refractivity (Wildman–Crippen MR) is 66.2 cm³/mol. The van der Waals surface area contributed by atoms with Gasteiger partial charge in [0.25, 0.3) is 0 Å². The average molecular weight is 222 g/mol. The lowest BCUT2D eigenvalue weighted by Gasteiger charge is -2.24. The Bertz CT molecular complexity index is 282. The SMILES string of the molecule is CC(C)[C@@H](CO)[C@@H](O)CCc1ccccc1. The Balaban J connectivity index is 2.43. The highest BCUT2D eigenvalue weighted by molar-refractivity contribution is 5.14. The summed E-state index contributed by atoms with van der Waals surface area (Å²) in [5.74, 6) is 0.305. The van der Waals surface area contributed by atoms with Gasteiger partial charge in [-0.2, -0.15) is 0 Å². The van der Waals surface area contributed by atoms with Crippen LogP contribution in [0.2, 0.25) is 0 Å². The van der Waals surface area contributed by atoms with Crippen molar-refractivity contribution in [2.75, 3.05) is 6.61 Å². The zero-order valence-corrected chi connectivity index (χ0v) is 10.1. The van der Waals surface area contributed by atoms with Crippen LogP contribution in [-0.2, 0) is 6.42 Å². The molecule has 2 N–H and O–H groups in total. The summed E-state index contributed by atoms with van der Waals surface area (Å²) in [6.45, 7) is 4.13. The van der Waals surface area contributed by atoms with Crippen LogP contribution in [0.4, 0.5) is 0 Å². The van der Waals surface area contributed by atoms with Crippen LogP contribution in [0, 0.1) is 11.8 Å². The van der Waals surface area contributed by atoms with Gasteiger partial charge in [-0.05, 0) is 24.3 Å². The van der Waals surface area contributed by atoms with Crippen molar-refractivity contribution in [1.29, 1.82) is 0 Å². The molecule has 1 rings (SSSR count). The highest BCUT2D eigenvalue weighted by atomic mass is 16.3. The number of aryl methyl sites for hydroxylation is 1. The molecule has 0 fully saturated rings. The van der Waals surface area contributed by atoms with Crippen LogP contribution in [0.3, 0.4) is 0 Å². The molecule has 0 saturated carbocycles. The van der Waals surface area contributed by atoms with Gasteiger partial charge >= 0.3 is 0 Å². The fourth-order valence-electron chi connectivity index (χ4n) is 1.95. The van der Waals surface area contributed by atoms with Gasteiger partial charge in [0.1, 0.15) is 0 Å². The van der Waals surface area contributed by atoms with Gasteiger partial charge in [0, 0.05) is 12.5 Å². The second-order valence-corrected chi connectivity index (χ2v) is 4.68. The molecule has 2 heteroatoms. The molecule has 0 amide bonds. The first-order chi connectivity index (χ1) is 7.65. The molecule has 0 radical (unpaired) electrons. The van der Waals surface area contributed by atoms with Crippen LogP contribution < -0.4 is 0 Å². The highest BCUT2D eigenvalue weighted by Crippen LogP contribution is 2.18. The minimum absolute atomic E-state index is 0.0105. The normalized spacial score (nSPS) is 15.1. The van der Waals surface area contributed by atoms with E-state index in [1.807, 2.05) is 32.0 Å². The Morgan fingerprint density at radius 3 is 2.25 bits per heavy atom. The molecule has 0 aliphatic carbocycles. The molecular weight excluding hydrogens is 200 g/mol. The number of hydrogen-bond donors (Lipinski definition) is 2. The van der Waals surface area contributed by atoms with E-state index in [0.29, 0.717) is 12.3 Å². The van der Waals surface area contributed by atoms with Gasteiger partial charge in [-0.1, -0.05) is 44.2 Å². The zero-order valence-electron chi connectivity index (χ0n) is 10.1. The van der Waals surface area contributed by atoms with Crippen LogP contribution in [0.15, 0.2) is 30.3 Å². The van der Waals surface area contributed by atoms with E-state index >= 15 is 0 Å². The van der Waals surface area contributed by atoms with Crippen LogP contribution in [0.5, 0.6) is 0 Å². The van der Waals surface area contributed by atoms with E-state index in [2.05, 4.69) is 12.1 Å². The molecule has 90 valence electrons. The molecular formula is C14H22O2. The standard InChI is InChI=1S/C14H22O2/c1-11(2)13(10-15)14(16)9-8-12-6-4-3-5-7-12/h3-7,11,13-16H,8-10H2,1-2H3/t13-,14+/m1/s1. The molecule has 1 aromatic rings. The first-order valence-electron chi connectivity index (χ1n) is 5.98. The van der Waals surface area contributed by atoms with E-state index in [1.165, 1.54) is 5.56 Å². The number of rotatable bonds is 6. The van der Waals surface area contributed by atoms with Crippen molar-refractivity contribution in [3.8, 4) is 0 Å². The number of benzene rings is 1. The summed E-state index contributed by atoms with van der Waals surface area (Å²) in [4.78, 5) is 0. The minimum atomic E-state index is -0.412. The minimum Gasteiger partial charge on any atom is -0.396 e. The molecule has 0 aliphatic rings. The summed E-state index contributed by atoms with van der Waals surface area (Å²) in [6.07, 6.45) is 1.17. The third kappa shape index (κ3) is 3.95. The van der Waals surface area contributed by atoms with E-state index in [9.17, 15) is 10.2 Å². The second kappa shape index (κ2) is 6.66. The summed E-state index contributed by atoms with van der Waals surface area (Å²) in [5.41, 5.74) is 1.24. The molecule has 0 aromatic heterocycles. The van der Waals surface area contributed by atoms with Gasteiger partial charge in [0.15, 0.2) is 0 Å². The zero-order chi connectivity index (χ0) is 12.0. The van der Waals surface area contributed by atoms with Crippen LogP contribution >= 0.6 is 0 Å². The third-order valence-corrected chi connectivity index (χ3v) is 3.13. The molecule has 16 heavy (non-hydrogen) atoms. The number of aliphatic hydroxyl groups is 2. The van der Waals surface area contributed by atoms with Crippen LogP contribution in [0.1, 0.15) is 25.8 Å². The Labute approximate surface area is 97.9 Å². The second-order valence-electron chi connectivity index (χ2n) is 4.68. The Morgan fingerprint density at radius 1 is 1.12 bits per heavy atom. The van der Waals surface area contributed by atoms with Crippen molar-refractivity contribution in [3.05, 3.63) is 35.9 Å². The monoisotopic (exact) mass is 222 g/mol. The van der Waals surface area contributed by atoms with Gasteiger partial charge in [0.05, 0.1) is 6.10 Å². The molecule has 0 aliphatic heterocycles. The summed E-state index contributed by atoms with van der Waals surface area (Å²) in [6, 6.07) is 10.1. The summed E-state index contributed by atoms with van der Waals surface area (Å²) in [5, 5.41) is 19.2. The summed E-state index contributed by atoms with van der Waals surface area (Å²) in [7, 11) is 0. The Morgan fingerprint density at radius 2 is 1.75 bits per heavy atom. The van der Waals surface area contributed by atoms with Crippen molar-refractivity contribution in [3.63, 3.8) is 0 Å². The molecule has 0 saturated heterocycles. The van der Waals surface area contributed by atoms with Gasteiger partial charge in [-0.15, -0.1) is 0 Å². The van der Waals surface area contributed by atoms with Gasteiger partial charge in [-0.3, -0.25) is 0 Å². The van der Waals surface area contributed by atoms with Gasteiger partial charge < -0.3 is 10.2 Å². The highest BCUT2D eigenvalue weighted by Gasteiger charge is 2.21. The molecule has 0 heterocycles. The fourth-order valence-corrected chi connectivity index (χ4v) is 1.95. The Hall–Kier alpha value is -0.860. The van der Waals surface area contributed by atoms with Crippen LogP contribution in [0.25, 0.3) is 0 Å². The first-order valence-corrected chi connectivity index (χ1v) is 5.98. The number of hydrogen-bond acceptors (Lipinski definition) is 2. The smallest absolute Gasteiger partial charge is 0.0595 e. The lowest BCUT2D eigenvalue weighted by molar-refractivity contribution is 0.0363. The summed E-state index contributed by atoms with van der Waals surface area (Å²) < 4.78 is 0. The summed E-state index contributed by atoms with van der Waals surface area (Å²) >= 11 is 0. The maximum atomic E-state index is 9.98. The third-order valence-electron chi connectivity index (χ3n) is 3.13. The number of aliphatic hydroxyl groups excluding tert-OH is 2. The maximum absolute atomic E-state index is 9.98. The molecule has 0 unspecified atom stereocenters. The largest absolute Gasteiger partial charge is 0.396 e. The Kier molecular flexibility index (Phi) is 5.50. The predicted octanol–water partition coefficient (Wildman–Crippen LogP) is 2.24. The van der Waals surface area contributed by atoms with Crippen LogP contribution in [-0.4, -0.2) is 22.9 Å². The fraction of sp³-hybridized carbons (Fsp3) is 0.571. The van der Waals surface area contributed by atoms with E-state index in [-0.39, 0.29) is 12.5 Å². The lowest BCUT2D eigenvalue weighted by atomic mass is 9.88. The van der Waals surface area contributed by atoms with Gasteiger partial charge in [0.2, 0.25) is 0 Å². The van der Waals surface area contributed by atoms with E-state index < -0.39 is 6.10 Å². The topological polar surface area (TPSA) is 40.5 Å².